The Morgan fingerprint density at radius 3 is 2.19 bits per heavy atom. The van der Waals surface area contributed by atoms with Gasteiger partial charge in [-0.05, 0) is 6.07 Å². The van der Waals surface area contributed by atoms with Crippen LogP contribution in [0.2, 0.25) is 5.02 Å². The summed E-state index contributed by atoms with van der Waals surface area (Å²) in [5.41, 5.74) is -1.06. The average molecular weight is 255 g/mol. The van der Waals surface area contributed by atoms with Gasteiger partial charge in [-0.25, -0.2) is 0 Å². The predicted octanol–water partition coefficient (Wildman–Crippen LogP) is 3.65. The molecule has 0 aliphatic carbocycles. The number of alkyl halides is 3. The van der Waals surface area contributed by atoms with E-state index >= 15 is 0 Å². The molecule has 0 aliphatic rings. The van der Waals surface area contributed by atoms with E-state index in [0.717, 1.165) is 0 Å². The summed E-state index contributed by atoms with van der Waals surface area (Å²) >= 11 is 5.54. The van der Waals surface area contributed by atoms with Crippen LogP contribution in [0.3, 0.4) is 0 Å². The van der Waals surface area contributed by atoms with Crippen molar-refractivity contribution >= 4 is 11.6 Å². The monoisotopic (exact) mass is 254 g/mol. The van der Waals surface area contributed by atoms with Gasteiger partial charge in [0.1, 0.15) is 0 Å². The van der Waals surface area contributed by atoms with Crippen molar-refractivity contribution in [3.63, 3.8) is 0 Å². The summed E-state index contributed by atoms with van der Waals surface area (Å²) in [5, 5.41) is -0.371. The summed E-state index contributed by atoms with van der Waals surface area (Å²) in [4.78, 5) is 0. The van der Waals surface area contributed by atoms with Gasteiger partial charge in [-0.2, -0.15) is 13.2 Å². The number of ether oxygens (including phenoxy) is 2. The molecular formula is C10H10ClF3O2. The summed E-state index contributed by atoms with van der Waals surface area (Å²) in [6.45, 7) is 0. The van der Waals surface area contributed by atoms with Crippen LogP contribution >= 0.6 is 11.6 Å². The molecule has 0 N–H and O–H groups in total. The molecule has 6 heteroatoms. The Hall–Kier alpha value is -0.780. The van der Waals surface area contributed by atoms with Crippen LogP contribution in [0.25, 0.3) is 0 Å². The molecule has 0 heterocycles. The Balaban J connectivity index is 3.33. The predicted molar refractivity (Wildman–Crippen MR) is 53.2 cm³/mol. The molecule has 16 heavy (non-hydrogen) atoms. The summed E-state index contributed by atoms with van der Waals surface area (Å²) in [5.74, 6) is 0. The third-order valence-electron chi connectivity index (χ3n) is 2.01. The van der Waals surface area contributed by atoms with Gasteiger partial charge in [0.15, 0.2) is 6.29 Å². The fourth-order valence-electron chi connectivity index (χ4n) is 1.39. The van der Waals surface area contributed by atoms with Gasteiger partial charge in [0.2, 0.25) is 0 Å². The summed E-state index contributed by atoms with van der Waals surface area (Å²) < 4.78 is 47.8. The maximum absolute atomic E-state index is 12.7. The fraction of sp³-hybridized carbons (Fsp3) is 0.400. The first-order valence-electron chi connectivity index (χ1n) is 4.33. The molecule has 0 aromatic heterocycles. The van der Waals surface area contributed by atoms with Crippen molar-refractivity contribution in [1.29, 1.82) is 0 Å². The molecule has 0 aliphatic heterocycles. The second-order valence-electron chi connectivity index (χ2n) is 3.01. The highest BCUT2D eigenvalue weighted by molar-refractivity contribution is 6.31. The van der Waals surface area contributed by atoms with Crippen molar-refractivity contribution in [2.75, 3.05) is 14.2 Å². The molecule has 0 amide bonds. The van der Waals surface area contributed by atoms with Crippen LogP contribution < -0.4 is 0 Å². The molecule has 0 saturated carbocycles. The number of methoxy groups -OCH3 is 2. The minimum atomic E-state index is -4.54. The summed E-state index contributed by atoms with van der Waals surface area (Å²) in [7, 11) is 2.52. The van der Waals surface area contributed by atoms with E-state index < -0.39 is 18.0 Å². The highest BCUT2D eigenvalue weighted by Gasteiger charge is 2.37. The first-order valence-corrected chi connectivity index (χ1v) is 4.70. The topological polar surface area (TPSA) is 18.5 Å². The molecule has 1 rings (SSSR count). The molecule has 0 bridgehead atoms. The lowest BCUT2D eigenvalue weighted by Crippen LogP contribution is -2.15. The number of hydrogen-bond acceptors (Lipinski definition) is 2. The molecule has 1 aromatic rings. The van der Waals surface area contributed by atoms with Crippen molar-refractivity contribution in [2.45, 2.75) is 12.5 Å². The maximum atomic E-state index is 12.7. The van der Waals surface area contributed by atoms with E-state index in [9.17, 15) is 13.2 Å². The SMILES string of the molecule is COC(OC)c1cccc(Cl)c1C(F)(F)F. The van der Waals surface area contributed by atoms with Gasteiger partial charge in [-0.3, -0.25) is 0 Å². The Morgan fingerprint density at radius 1 is 1.19 bits per heavy atom. The quantitative estimate of drug-likeness (QED) is 0.767. The van der Waals surface area contributed by atoms with Gasteiger partial charge in [-0.15, -0.1) is 0 Å². The number of halogens is 4. The lowest BCUT2D eigenvalue weighted by atomic mass is 10.1. The third-order valence-corrected chi connectivity index (χ3v) is 2.33. The first-order chi connectivity index (χ1) is 7.41. The van der Waals surface area contributed by atoms with Crippen molar-refractivity contribution < 1.29 is 22.6 Å². The van der Waals surface area contributed by atoms with Gasteiger partial charge in [0, 0.05) is 19.8 Å². The van der Waals surface area contributed by atoms with Crippen LogP contribution in [0.4, 0.5) is 13.2 Å². The molecule has 0 radical (unpaired) electrons. The molecule has 0 atom stereocenters. The van der Waals surface area contributed by atoms with Crippen molar-refractivity contribution in [3.05, 3.63) is 34.3 Å². The molecule has 90 valence electrons. The minimum absolute atomic E-state index is 0.134. The number of benzene rings is 1. The lowest BCUT2D eigenvalue weighted by Gasteiger charge is -2.20. The summed E-state index contributed by atoms with van der Waals surface area (Å²) in [6, 6.07) is 3.86. The van der Waals surface area contributed by atoms with Gasteiger partial charge in [0.05, 0.1) is 10.6 Å². The smallest absolute Gasteiger partial charge is 0.352 e. The van der Waals surface area contributed by atoms with Crippen molar-refractivity contribution in [1.82, 2.24) is 0 Å². The molecule has 1 aromatic carbocycles. The highest BCUT2D eigenvalue weighted by Crippen LogP contribution is 2.40. The molecular weight excluding hydrogens is 245 g/mol. The van der Waals surface area contributed by atoms with Crippen LogP contribution in [0.5, 0.6) is 0 Å². The summed E-state index contributed by atoms with van der Waals surface area (Å²) in [6.07, 6.45) is -5.63. The zero-order chi connectivity index (χ0) is 12.3. The highest BCUT2D eigenvalue weighted by atomic mass is 35.5. The molecule has 0 saturated heterocycles. The molecule has 0 spiro atoms. The average Bonchev–Trinajstić information content (AvgIpc) is 2.17. The molecule has 0 unspecified atom stereocenters. The minimum Gasteiger partial charge on any atom is -0.352 e. The van der Waals surface area contributed by atoms with Crippen molar-refractivity contribution in [2.24, 2.45) is 0 Å². The van der Waals surface area contributed by atoms with E-state index in [4.69, 9.17) is 21.1 Å². The first kappa shape index (κ1) is 13.3. The standard InChI is InChI=1S/C10H10ClF3O2/c1-15-9(16-2)6-4-3-5-7(11)8(6)10(12,13)14/h3-5,9H,1-2H3. The number of hydrogen-bond donors (Lipinski definition) is 0. The van der Waals surface area contributed by atoms with Gasteiger partial charge in [0.25, 0.3) is 0 Å². The molecule has 0 fully saturated rings. The Morgan fingerprint density at radius 2 is 1.75 bits per heavy atom. The van der Waals surface area contributed by atoms with Gasteiger partial charge in [-0.1, -0.05) is 23.7 Å². The fourth-order valence-corrected chi connectivity index (χ4v) is 1.68. The Labute approximate surface area is 95.9 Å². The van der Waals surface area contributed by atoms with Crippen LogP contribution in [0, 0.1) is 0 Å². The zero-order valence-corrected chi connectivity index (χ0v) is 9.39. The van der Waals surface area contributed by atoms with E-state index in [1.807, 2.05) is 0 Å². The van der Waals surface area contributed by atoms with E-state index in [2.05, 4.69) is 0 Å². The lowest BCUT2D eigenvalue weighted by molar-refractivity contribution is -0.147. The van der Waals surface area contributed by atoms with Crippen LogP contribution in [0.15, 0.2) is 18.2 Å². The van der Waals surface area contributed by atoms with E-state index in [1.54, 1.807) is 0 Å². The largest absolute Gasteiger partial charge is 0.418 e. The van der Waals surface area contributed by atoms with Crippen LogP contribution in [0.1, 0.15) is 17.4 Å². The number of rotatable bonds is 3. The maximum Gasteiger partial charge on any atom is 0.418 e. The molecule has 2 nitrogen and oxygen atoms in total. The Bertz CT molecular complexity index is 362. The van der Waals surface area contributed by atoms with Gasteiger partial charge >= 0.3 is 6.18 Å². The van der Waals surface area contributed by atoms with E-state index in [1.165, 1.54) is 32.4 Å². The van der Waals surface area contributed by atoms with E-state index in [0.29, 0.717) is 0 Å². The Kier molecular flexibility index (Phi) is 4.18. The second-order valence-corrected chi connectivity index (χ2v) is 3.41. The van der Waals surface area contributed by atoms with Gasteiger partial charge < -0.3 is 9.47 Å². The second kappa shape index (κ2) is 5.03. The van der Waals surface area contributed by atoms with Crippen molar-refractivity contribution in [3.8, 4) is 0 Å². The zero-order valence-electron chi connectivity index (χ0n) is 8.64. The van der Waals surface area contributed by atoms with E-state index in [-0.39, 0.29) is 10.6 Å². The van der Waals surface area contributed by atoms with Crippen LogP contribution in [-0.4, -0.2) is 14.2 Å². The van der Waals surface area contributed by atoms with Crippen LogP contribution in [-0.2, 0) is 15.7 Å². The normalized spacial score (nSPS) is 12.2. The third kappa shape index (κ3) is 2.66.